The lowest BCUT2D eigenvalue weighted by atomic mass is 9.96. The predicted octanol–water partition coefficient (Wildman–Crippen LogP) is 3.92. The van der Waals surface area contributed by atoms with Gasteiger partial charge in [0.25, 0.3) is 5.91 Å². The molecule has 1 aromatic carbocycles. The van der Waals surface area contributed by atoms with Gasteiger partial charge >= 0.3 is 0 Å². The van der Waals surface area contributed by atoms with Crippen molar-refractivity contribution in [3.8, 4) is 5.75 Å². The van der Waals surface area contributed by atoms with Crippen LogP contribution >= 0.6 is 34.8 Å². The molecule has 0 radical (unpaired) electrons. The highest BCUT2D eigenvalue weighted by Gasteiger charge is 2.24. The van der Waals surface area contributed by atoms with Crippen LogP contribution < -0.4 is 4.74 Å². The molecule has 3 rings (SSSR count). The molecule has 0 atom stereocenters. The molecule has 0 fully saturated rings. The predicted molar refractivity (Wildman–Crippen MR) is 98.8 cm³/mol. The highest BCUT2D eigenvalue weighted by atomic mass is 35.5. The van der Waals surface area contributed by atoms with Gasteiger partial charge in [-0.15, -0.1) is 11.6 Å². The Labute approximate surface area is 160 Å². The summed E-state index contributed by atoms with van der Waals surface area (Å²) in [6.07, 6.45) is 3.43. The number of amides is 1. The third-order valence-electron chi connectivity index (χ3n) is 3.88. The zero-order chi connectivity index (χ0) is 18.0. The Bertz CT molecular complexity index is 835. The van der Waals surface area contributed by atoms with Crippen molar-refractivity contribution >= 4 is 46.4 Å². The van der Waals surface area contributed by atoms with Crippen molar-refractivity contribution < 1.29 is 9.53 Å². The van der Waals surface area contributed by atoms with Gasteiger partial charge in [-0.2, -0.15) is 5.10 Å². The van der Waals surface area contributed by atoms with E-state index in [2.05, 4.69) is 10.1 Å². The number of alkyl halides is 1. The van der Waals surface area contributed by atoms with Gasteiger partial charge in [-0.25, -0.2) is 5.01 Å². The Balaban J connectivity index is 2.05. The number of rotatable bonds is 4. The number of methoxy groups -OCH3 is 1. The number of hydrogen-bond donors (Lipinski definition) is 0. The lowest BCUT2D eigenvalue weighted by Crippen LogP contribution is -2.33. The van der Waals surface area contributed by atoms with Crippen LogP contribution in [0.4, 0.5) is 0 Å². The van der Waals surface area contributed by atoms with Crippen molar-refractivity contribution in [2.24, 2.45) is 5.10 Å². The number of pyridine rings is 1. The molecule has 1 aromatic heterocycles. The minimum absolute atomic E-state index is 0.146. The first-order chi connectivity index (χ1) is 12.0. The van der Waals surface area contributed by atoms with Gasteiger partial charge in [-0.1, -0.05) is 23.2 Å². The van der Waals surface area contributed by atoms with Crippen LogP contribution in [0.1, 0.15) is 16.7 Å². The zero-order valence-electron chi connectivity index (χ0n) is 13.3. The summed E-state index contributed by atoms with van der Waals surface area (Å²) in [6.45, 7) is 0.333. The summed E-state index contributed by atoms with van der Waals surface area (Å²) in [6, 6.07) is 5.65. The van der Waals surface area contributed by atoms with Gasteiger partial charge in [0.15, 0.2) is 0 Å². The van der Waals surface area contributed by atoms with Crippen molar-refractivity contribution in [2.45, 2.75) is 13.0 Å². The Hall–Kier alpha value is -1.82. The Morgan fingerprint density at radius 1 is 1.28 bits per heavy atom. The van der Waals surface area contributed by atoms with Crippen LogP contribution in [0.3, 0.4) is 0 Å². The van der Waals surface area contributed by atoms with Crippen LogP contribution in [0.5, 0.6) is 5.75 Å². The van der Waals surface area contributed by atoms with Gasteiger partial charge in [0.1, 0.15) is 11.6 Å². The van der Waals surface area contributed by atoms with E-state index in [1.165, 1.54) is 17.4 Å². The molecular weight excluding hydrogens is 385 g/mol. The number of fused-ring (bicyclic) bond motifs is 1. The fourth-order valence-electron chi connectivity index (χ4n) is 2.62. The Morgan fingerprint density at radius 2 is 2.00 bits per heavy atom. The largest absolute Gasteiger partial charge is 0.497 e. The third kappa shape index (κ3) is 3.73. The molecular formula is C17H14Cl3N3O2. The summed E-state index contributed by atoms with van der Waals surface area (Å²) in [5.41, 5.74) is 3.23. The number of aromatic nitrogens is 1. The molecule has 1 aliphatic heterocycles. The number of halogens is 3. The first kappa shape index (κ1) is 18.0. The Kier molecular flexibility index (Phi) is 5.47. The number of carbonyl (C=O) groups is 1. The molecule has 1 aliphatic rings. The van der Waals surface area contributed by atoms with Crippen molar-refractivity contribution in [3.05, 3.63) is 57.3 Å². The smallest absolute Gasteiger partial charge is 0.257 e. The van der Waals surface area contributed by atoms with Crippen molar-refractivity contribution in [1.82, 2.24) is 9.99 Å². The highest BCUT2D eigenvalue weighted by Crippen LogP contribution is 2.29. The van der Waals surface area contributed by atoms with Crippen LogP contribution in [0.25, 0.3) is 0 Å². The molecule has 5 nitrogen and oxygen atoms in total. The summed E-state index contributed by atoms with van der Waals surface area (Å²) < 4.78 is 5.27. The van der Waals surface area contributed by atoms with Gasteiger partial charge < -0.3 is 4.74 Å². The second-order valence-corrected chi connectivity index (χ2v) is 6.49. The van der Waals surface area contributed by atoms with Gasteiger partial charge in [0.05, 0.1) is 29.4 Å². The van der Waals surface area contributed by atoms with E-state index in [0.717, 1.165) is 11.1 Å². The molecule has 0 unspecified atom stereocenters. The molecule has 0 saturated heterocycles. The minimum Gasteiger partial charge on any atom is -0.497 e. The van der Waals surface area contributed by atoms with Crippen LogP contribution in [-0.4, -0.2) is 34.6 Å². The van der Waals surface area contributed by atoms with E-state index in [-0.39, 0.29) is 11.8 Å². The highest BCUT2D eigenvalue weighted by molar-refractivity contribution is 6.36. The molecule has 2 aromatic rings. The van der Waals surface area contributed by atoms with Crippen LogP contribution in [-0.2, 0) is 17.8 Å². The van der Waals surface area contributed by atoms with E-state index in [0.29, 0.717) is 40.0 Å². The quantitative estimate of drug-likeness (QED) is 0.733. The lowest BCUT2D eigenvalue weighted by Gasteiger charge is -2.26. The van der Waals surface area contributed by atoms with Crippen molar-refractivity contribution in [2.75, 3.05) is 13.0 Å². The molecule has 130 valence electrons. The van der Waals surface area contributed by atoms with Crippen LogP contribution in [0.15, 0.2) is 35.7 Å². The van der Waals surface area contributed by atoms with Crippen LogP contribution in [0, 0.1) is 0 Å². The molecule has 2 heterocycles. The fraction of sp³-hybridized carbons (Fsp3) is 0.235. The third-order valence-corrected chi connectivity index (χ3v) is 4.76. The summed E-state index contributed by atoms with van der Waals surface area (Å²) in [5.74, 6) is 0.283. The SMILES string of the molecule is COc1ccc2c(c1)CN(C(=O)CCl)N=C2Cc1c(Cl)cncc1Cl. The maximum absolute atomic E-state index is 12.1. The second-order valence-electron chi connectivity index (χ2n) is 5.41. The topological polar surface area (TPSA) is 54.8 Å². The molecule has 25 heavy (non-hydrogen) atoms. The summed E-state index contributed by atoms with van der Waals surface area (Å²) in [4.78, 5) is 16.0. The monoisotopic (exact) mass is 397 g/mol. The molecule has 0 spiro atoms. The van der Waals surface area contributed by atoms with Crippen LogP contribution in [0.2, 0.25) is 10.0 Å². The molecule has 8 heteroatoms. The van der Waals surface area contributed by atoms with Gasteiger partial charge in [-0.05, 0) is 29.3 Å². The van der Waals surface area contributed by atoms with Gasteiger partial charge in [-0.3, -0.25) is 9.78 Å². The number of hydrogen-bond acceptors (Lipinski definition) is 4. The number of carbonyl (C=O) groups excluding carboxylic acids is 1. The lowest BCUT2D eigenvalue weighted by molar-refractivity contribution is -0.129. The average molecular weight is 399 g/mol. The maximum Gasteiger partial charge on any atom is 0.257 e. The van der Waals surface area contributed by atoms with E-state index in [1.807, 2.05) is 18.2 Å². The standard InChI is InChI=1S/C17H14Cl3N3O2/c1-25-11-2-3-12-10(4-11)9-23(17(24)6-18)22-16(12)5-13-14(19)7-21-8-15(13)20/h2-4,7-8H,5-6,9H2,1H3. The van der Waals surface area contributed by atoms with E-state index >= 15 is 0 Å². The maximum atomic E-state index is 12.1. The fourth-order valence-corrected chi connectivity index (χ4v) is 3.26. The first-order valence-electron chi connectivity index (χ1n) is 7.42. The van der Waals surface area contributed by atoms with Gasteiger partial charge in [0.2, 0.25) is 0 Å². The molecule has 0 aliphatic carbocycles. The minimum atomic E-state index is -0.278. The molecule has 0 N–H and O–H groups in total. The van der Waals surface area contributed by atoms with E-state index in [1.54, 1.807) is 7.11 Å². The number of hydrazone groups is 1. The normalized spacial score (nSPS) is 13.3. The van der Waals surface area contributed by atoms with Crippen molar-refractivity contribution in [1.29, 1.82) is 0 Å². The first-order valence-corrected chi connectivity index (χ1v) is 8.71. The molecule has 0 bridgehead atoms. The van der Waals surface area contributed by atoms with E-state index < -0.39 is 0 Å². The van der Waals surface area contributed by atoms with E-state index in [9.17, 15) is 4.79 Å². The molecule has 1 amide bonds. The number of nitrogens with zero attached hydrogens (tertiary/aromatic N) is 3. The van der Waals surface area contributed by atoms with Crippen molar-refractivity contribution in [3.63, 3.8) is 0 Å². The second kappa shape index (κ2) is 7.60. The van der Waals surface area contributed by atoms with Gasteiger partial charge in [0, 0.05) is 24.4 Å². The molecule has 0 saturated carbocycles. The summed E-state index contributed by atoms with van der Waals surface area (Å²) in [5, 5.41) is 6.72. The zero-order valence-corrected chi connectivity index (χ0v) is 15.6. The summed E-state index contributed by atoms with van der Waals surface area (Å²) >= 11 is 18.1. The Morgan fingerprint density at radius 3 is 2.64 bits per heavy atom. The summed E-state index contributed by atoms with van der Waals surface area (Å²) in [7, 11) is 1.59. The average Bonchev–Trinajstić information content (AvgIpc) is 2.63. The number of ether oxygens (including phenoxy) is 1. The van der Waals surface area contributed by atoms with E-state index in [4.69, 9.17) is 39.5 Å². The number of benzene rings is 1.